The van der Waals surface area contributed by atoms with E-state index in [2.05, 4.69) is 5.32 Å². The van der Waals surface area contributed by atoms with Crippen LogP contribution in [-0.2, 0) is 15.5 Å². The van der Waals surface area contributed by atoms with Crippen LogP contribution in [0.2, 0.25) is 0 Å². The van der Waals surface area contributed by atoms with Gasteiger partial charge in [0.2, 0.25) is 0 Å². The third-order valence-corrected chi connectivity index (χ3v) is 5.01. The predicted molar refractivity (Wildman–Crippen MR) is 69.2 cm³/mol. The zero-order valence-electron chi connectivity index (χ0n) is 10.4. The maximum Gasteiger partial charge on any atom is 0.0587 e. The fourth-order valence-corrected chi connectivity index (χ4v) is 3.75. The van der Waals surface area contributed by atoms with Crippen molar-refractivity contribution in [1.82, 2.24) is 5.32 Å². The van der Waals surface area contributed by atoms with Crippen molar-refractivity contribution in [1.29, 1.82) is 0 Å². The summed E-state index contributed by atoms with van der Waals surface area (Å²) in [7, 11) is 1.12. The van der Waals surface area contributed by atoms with E-state index in [1.807, 2.05) is 0 Å². The molecule has 0 aromatic carbocycles. The smallest absolute Gasteiger partial charge is 0.0587 e. The van der Waals surface area contributed by atoms with Gasteiger partial charge in [-0.2, -0.15) is 0 Å². The molecule has 1 aliphatic rings. The molecule has 0 radical (unpaired) electrons. The van der Waals surface area contributed by atoms with Crippen molar-refractivity contribution in [2.45, 2.75) is 43.8 Å². The quantitative estimate of drug-likeness (QED) is 0.663. The lowest BCUT2D eigenvalue weighted by Gasteiger charge is -2.20. The summed E-state index contributed by atoms with van der Waals surface area (Å²) in [6, 6.07) is 0. The summed E-state index contributed by atoms with van der Waals surface area (Å²) in [5.41, 5.74) is 0. The molecule has 0 amide bonds. The Hall–Kier alpha value is 0.0700. The number of methoxy groups -OCH3 is 1. The van der Waals surface area contributed by atoms with Crippen molar-refractivity contribution in [2.75, 3.05) is 32.6 Å². The Morgan fingerprint density at radius 3 is 2.69 bits per heavy atom. The zero-order valence-corrected chi connectivity index (χ0v) is 11.2. The van der Waals surface area contributed by atoms with Gasteiger partial charge in [-0.05, 0) is 25.8 Å². The minimum Gasteiger partial charge on any atom is -0.383 e. The van der Waals surface area contributed by atoms with E-state index >= 15 is 0 Å². The molecule has 1 N–H and O–H groups in total. The van der Waals surface area contributed by atoms with Gasteiger partial charge in [-0.3, -0.25) is 4.21 Å². The molecule has 4 heteroatoms. The third-order valence-electron chi connectivity index (χ3n) is 3.11. The van der Waals surface area contributed by atoms with Crippen molar-refractivity contribution in [2.24, 2.45) is 0 Å². The van der Waals surface area contributed by atoms with Crippen LogP contribution in [0.1, 0.15) is 38.5 Å². The van der Waals surface area contributed by atoms with Gasteiger partial charge in [0.25, 0.3) is 0 Å². The Morgan fingerprint density at radius 2 is 2.00 bits per heavy atom. The topological polar surface area (TPSA) is 38.3 Å². The first-order valence-electron chi connectivity index (χ1n) is 6.41. The first-order valence-corrected chi connectivity index (χ1v) is 7.79. The molecule has 3 nitrogen and oxygen atoms in total. The van der Waals surface area contributed by atoms with E-state index in [0.717, 1.165) is 31.9 Å². The molecule has 0 saturated heterocycles. The first kappa shape index (κ1) is 14.1. The molecule has 0 bridgehead atoms. The molecular formula is C12H25NO2S. The highest BCUT2D eigenvalue weighted by Crippen LogP contribution is 2.22. The maximum absolute atomic E-state index is 11.9. The lowest BCUT2D eigenvalue weighted by molar-refractivity contribution is 0.199. The number of hydrogen-bond acceptors (Lipinski definition) is 3. The Morgan fingerprint density at radius 1 is 1.25 bits per heavy atom. The Balaban J connectivity index is 1.97. The lowest BCUT2D eigenvalue weighted by Crippen LogP contribution is -2.25. The van der Waals surface area contributed by atoms with Gasteiger partial charge in [-0.1, -0.05) is 19.3 Å². The molecule has 1 aliphatic carbocycles. The van der Waals surface area contributed by atoms with E-state index in [-0.39, 0.29) is 0 Å². The normalized spacial score (nSPS) is 19.8. The summed E-state index contributed by atoms with van der Waals surface area (Å²) in [5.74, 6) is 0.866. The molecule has 0 spiro atoms. The second-order valence-corrected chi connectivity index (χ2v) is 6.28. The maximum atomic E-state index is 11.9. The van der Waals surface area contributed by atoms with Gasteiger partial charge in [0.05, 0.1) is 6.61 Å². The van der Waals surface area contributed by atoms with Crippen LogP contribution >= 0.6 is 0 Å². The van der Waals surface area contributed by atoms with Crippen molar-refractivity contribution in [3.63, 3.8) is 0 Å². The average Bonchev–Trinajstić information content (AvgIpc) is 2.34. The Kier molecular flexibility index (Phi) is 8.07. The van der Waals surface area contributed by atoms with Crippen LogP contribution in [0.3, 0.4) is 0 Å². The number of rotatable bonds is 8. The van der Waals surface area contributed by atoms with E-state index in [1.54, 1.807) is 7.11 Å². The third kappa shape index (κ3) is 5.97. The van der Waals surface area contributed by atoms with Gasteiger partial charge in [0.1, 0.15) is 0 Å². The van der Waals surface area contributed by atoms with Crippen LogP contribution < -0.4 is 5.32 Å². The van der Waals surface area contributed by atoms with E-state index in [1.165, 1.54) is 32.1 Å². The molecule has 0 aliphatic heterocycles. The molecule has 0 aromatic heterocycles. The summed E-state index contributed by atoms with van der Waals surface area (Å²) in [4.78, 5) is 0. The van der Waals surface area contributed by atoms with E-state index in [9.17, 15) is 4.21 Å². The van der Waals surface area contributed by atoms with Crippen molar-refractivity contribution < 1.29 is 8.95 Å². The summed E-state index contributed by atoms with van der Waals surface area (Å²) in [6.07, 6.45) is 7.29. The minimum absolute atomic E-state index is 0.493. The highest BCUT2D eigenvalue weighted by atomic mass is 32.2. The number of hydrogen-bond donors (Lipinski definition) is 1. The first-order chi connectivity index (χ1) is 7.84. The van der Waals surface area contributed by atoms with Crippen LogP contribution in [0, 0.1) is 0 Å². The van der Waals surface area contributed by atoms with E-state index in [0.29, 0.717) is 5.25 Å². The Labute approximate surface area is 102 Å². The second-order valence-electron chi connectivity index (χ2n) is 4.44. The molecule has 0 aromatic rings. The molecule has 16 heavy (non-hydrogen) atoms. The van der Waals surface area contributed by atoms with Crippen molar-refractivity contribution >= 4 is 10.8 Å². The summed E-state index contributed by atoms with van der Waals surface area (Å²) in [6.45, 7) is 2.61. The number of nitrogens with one attached hydrogen (secondary N) is 1. The second kappa shape index (κ2) is 9.14. The average molecular weight is 247 g/mol. The fraction of sp³-hybridized carbons (Fsp3) is 1.00. The van der Waals surface area contributed by atoms with Crippen molar-refractivity contribution in [3.05, 3.63) is 0 Å². The highest BCUT2D eigenvalue weighted by Gasteiger charge is 2.18. The molecule has 1 fully saturated rings. The van der Waals surface area contributed by atoms with Gasteiger partial charge < -0.3 is 10.1 Å². The van der Waals surface area contributed by atoms with Crippen LogP contribution in [-0.4, -0.2) is 42.0 Å². The molecular weight excluding hydrogens is 222 g/mol. The van der Waals surface area contributed by atoms with Gasteiger partial charge in [-0.15, -0.1) is 0 Å². The lowest BCUT2D eigenvalue weighted by atomic mass is 10.0. The van der Waals surface area contributed by atoms with Crippen molar-refractivity contribution in [3.8, 4) is 0 Å². The van der Waals surface area contributed by atoms with Crippen LogP contribution in [0.15, 0.2) is 0 Å². The minimum atomic E-state index is -0.585. The van der Waals surface area contributed by atoms with E-state index < -0.39 is 10.8 Å². The summed E-state index contributed by atoms with van der Waals surface area (Å²) in [5, 5.41) is 3.78. The van der Waals surface area contributed by atoms with Crippen LogP contribution in [0.4, 0.5) is 0 Å². The molecule has 1 saturated carbocycles. The van der Waals surface area contributed by atoms with Gasteiger partial charge in [-0.25, -0.2) is 0 Å². The van der Waals surface area contributed by atoms with E-state index in [4.69, 9.17) is 4.74 Å². The highest BCUT2D eigenvalue weighted by molar-refractivity contribution is 7.85. The standard InChI is InChI=1S/C12H25NO2S/c1-15-10-9-13-8-5-11-16(14)12-6-3-2-4-7-12/h12-13H,2-11H2,1H3. The SMILES string of the molecule is COCCNCCCS(=O)C1CCCCC1. The fourth-order valence-electron chi connectivity index (χ4n) is 2.13. The molecule has 1 rings (SSSR count). The molecule has 1 atom stereocenters. The summed E-state index contributed by atoms with van der Waals surface area (Å²) < 4.78 is 16.9. The Bertz CT molecular complexity index is 193. The van der Waals surface area contributed by atoms with Gasteiger partial charge in [0, 0.05) is 35.5 Å². The van der Waals surface area contributed by atoms with Gasteiger partial charge >= 0.3 is 0 Å². The van der Waals surface area contributed by atoms with Crippen LogP contribution in [0.5, 0.6) is 0 Å². The summed E-state index contributed by atoms with van der Waals surface area (Å²) >= 11 is 0. The van der Waals surface area contributed by atoms with Gasteiger partial charge in [0.15, 0.2) is 0 Å². The molecule has 1 unspecified atom stereocenters. The zero-order chi connectivity index (χ0) is 11.6. The molecule has 0 heterocycles. The molecule has 96 valence electrons. The predicted octanol–water partition coefficient (Wildman–Crippen LogP) is 1.69. The largest absolute Gasteiger partial charge is 0.383 e. The monoisotopic (exact) mass is 247 g/mol. The number of ether oxygens (including phenoxy) is 1. The van der Waals surface area contributed by atoms with Crippen LogP contribution in [0.25, 0.3) is 0 Å².